The lowest BCUT2D eigenvalue weighted by Crippen LogP contribution is -2.42. The number of benzene rings is 1. The van der Waals surface area contributed by atoms with Gasteiger partial charge in [-0.3, -0.25) is 4.79 Å². The van der Waals surface area contributed by atoms with E-state index < -0.39 is 6.10 Å². The number of amides is 1. The second-order valence-electron chi connectivity index (χ2n) is 4.60. The molecule has 0 heterocycles. The fourth-order valence-electron chi connectivity index (χ4n) is 1.69. The fourth-order valence-corrected chi connectivity index (χ4v) is 1.69. The quantitative estimate of drug-likeness (QED) is 0.841. The number of aryl methyl sites for hydroxylation is 1. The molecule has 1 aromatic rings. The van der Waals surface area contributed by atoms with Crippen LogP contribution >= 0.6 is 0 Å². The topological polar surface area (TPSA) is 38.3 Å². The monoisotopic (exact) mass is 249 g/mol. The van der Waals surface area contributed by atoms with Gasteiger partial charge >= 0.3 is 0 Å². The first-order valence-corrected chi connectivity index (χ1v) is 6.60. The number of ether oxygens (including phenoxy) is 1. The Kier molecular flexibility index (Phi) is 5.69. The van der Waals surface area contributed by atoms with Gasteiger partial charge in [0.15, 0.2) is 6.10 Å². The minimum atomic E-state index is -0.465. The zero-order chi connectivity index (χ0) is 13.5. The molecule has 0 saturated heterocycles. The summed E-state index contributed by atoms with van der Waals surface area (Å²) in [6.45, 7) is 7.93. The third-order valence-corrected chi connectivity index (χ3v) is 3.04. The van der Waals surface area contributed by atoms with Crippen LogP contribution in [0.1, 0.15) is 39.2 Å². The second kappa shape index (κ2) is 7.04. The van der Waals surface area contributed by atoms with Crippen molar-refractivity contribution in [3.63, 3.8) is 0 Å². The van der Waals surface area contributed by atoms with E-state index in [9.17, 15) is 4.79 Å². The van der Waals surface area contributed by atoms with Crippen molar-refractivity contribution in [2.45, 2.75) is 52.7 Å². The van der Waals surface area contributed by atoms with Gasteiger partial charge < -0.3 is 10.1 Å². The maximum Gasteiger partial charge on any atom is 0.260 e. The molecule has 3 nitrogen and oxygen atoms in total. The van der Waals surface area contributed by atoms with Crippen LogP contribution in [0.2, 0.25) is 0 Å². The third-order valence-electron chi connectivity index (χ3n) is 3.04. The summed E-state index contributed by atoms with van der Waals surface area (Å²) in [5.41, 5.74) is 1.18. The van der Waals surface area contributed by atoms with E-state index in [4.69, 9.17) is 4.74 Å². The molecule has 0 aliphatic carbocycles. The standard InChI is InChI=1S/C15H23NO2/c1-5-13(6-2)16-15(17)12(4)18-14-9-7-11(3)8-10-14/h7-10,12-13H,5-6H2,1-4H3,(H,16,17). The molecule has 100 valence electrons. The van der Waals surface area contributed by atoms with Crippen LogP contribution in [0.3, 0.4) is 0 Å². The minimum absolute atomic E-state index is 0.0516. The lowest BCUT2D eigenvalue weighted by molar-refractivity contribution is -0.128. The molecule has 0 fully saturated rings. The number of rotatable bonds is 6. The molecule has 0 aliphatic rings. The lowest BCUT2D eigenvalue weighted by atomic mass is 10.1. The summed E-state index contributed by atoms with van der Waals surface area (Å²) in [5, 5.41) is 2.98. The molecule has 1 N–H and O–H groups in total. The van der Waals surface area contributed by atoms with Crippen LogP contribution in [0.4, 0.5) is 0 Å². The number of nitrogens with one attached hydrogen (secondary N) is 1. The van der Waals surface area contributed by atoms with Gasteiger partial charge in [0.1, 0.15) is 5.75 Å². The maximum atomic E-state index is 11.9. The van der Waals surface area contributed by atoms with Gasteiger partial charge in [0.25, 0.3) is 5.91 Å². The molecule has 1 aromatic carbocycles. The normalized spacial score (nSPS) is 12.3. The Morgan fingerprint density at radius 1 is 1.22 bits per heavy atom. The van der Waals surface area contributed by atoms with Crippen LogP contribution in [0.15, 0.2) is 24.3 Å². The van der Waals surface area contributed by atoms with Crippen molar-refractivity contribution >= 4 is 5.91 Å². The Hall–Kier alpha value is -1.51. The highest BCUT2D eigenvalue weighted by molar-refractivity contribution is 5.81. The van der Waals surface area contributed by atoms with Gasteiger partial charge in [-0.15, -0.1) is 0 Å². The summed E-state index contributed by atoms with van der Waals surface area (Å²) >= 11 is 0. The average Bonchev–Trinajstić information content (AvgIpc) is 2.38. The van der Waals surface area contributed by atoms with Crippen LogP contribution in [-0.2, 0) is 4.79 Å². The molecular formula is C15H23NO2. The molecule has 0 radical (unpaired) electrons. The molecule has 0 aromatic heterocycles. The molecule has 0 aliphatic heterocycles. The van der Waals surface area contributed by atoms with Gasteiger partial charge in [-0.05, 0) is 38.8 Å². The Morgan fingerprint density at radius 3 is 2.28 bits per heavy atom. The SMILES string of the molecule is CCC(CC)NC(=O)C(C)Oc1ccc(C)cc1. The van der Waals surface area contributed by atoms with Crippen molar-refractivity contribution in [3.05, 3.63) is 29.8 Å². The van der Waals surface area contributed by atoms with E-state index >= 15 is 0 Å². The van der Waals surface area contributed by atoms with E-state index in [1.165, 1.54) is 5.56 Å². The first kappa shape index (κ1) is 14.6. The smallest absolute Gasteiger partial charge is 0.260 e. The Labute approximate surface area is 110 Å². The largest absolute Gasteiger partial charge is 0.481 e. The average molecular weight is 249 g/mol. The van der Waals surface area contributed by atoms with Gasteiger partial charge in [-0.1, -0.05) is 31.5 Å². The minimum Gasteiger partial charge on any atom is -0.481 e. The molecule has 0 spiro atoms. The van der Waals surface area contributed by atoms with E-state index in [1.54, 1.807) is 6.92 Å². The van der Waals surface area contributed by atoms with Crippen molar-refractivity contribution < 1.29 is 9.53 Å². The lowest BCUT2D eigenvalue weighted by Gasteiger charge is -2.19. The molecule has 18 heavy (non-hydrogen) atoms. The molecule has 1 rings (SSSR count). The summed E-state index contributed by atoms with van der Waals surface area (Å²) in [6, 6.07) is 7.95. The van der Waals surface area contributed by atoms with E-state index in [0.29, 0.717) is 0 Å². The number of hydrogen-bond acceptors (Lipinski definition) is 2. The van der Waals surface area contributed by atoms with Crippen molar-refractivity contribution in [1.82, 2.24) is 5.32 Å². The molecule has 3 heteroatoms. The highest BCUT2D eigenvalue weighted by atomic mass is 16.5. The second-order valence-corrected chi connectivity index (χ2v) is 4.60. The van der Waals surface area contributed by atoms with Gasteiger partial charge in [0, 0.05) is 6.04 Å². The van der Waals surface area contributed by atoms with Crippen molar-refractivity contribution in [2.24, 2.45) is 0 Å². The summed E-state index contributed by atoms with van der Waals surface area (Å²) < 4.78 is 5.61. The number of hydrogen-bond donors (Lipinski definition) is 1. The number of carbonyl (C=O) groups is 1. The summed E-state index contributed by atoms with van der Waals surface area (Å²) in [6.07, 6.45) is 1.42. The molecular weight excluding hydrogens is 226 g/mol. The van der Waals surface area contributed by atoms with E-state index in [-0.39, 0.29) is 11.9 Å². The molecule has 0 saturated carbocycles. The van der Waals surface area contributed by atoms with Crippen LogP contribution in [0.25, 0.3) is 0 Å². The van der Waals surface area contributed by atoms with E-state index in [2.05, 4.69) is 19.2 Å². The first-order valence-electron chi connectivity index (χ1n) is 6.60. The number of carbonyl (C=O) groups excluding carboxylic acids is 1. The Morgan fingerprint density at radius 2 is 1.78 bits per heavy atom. The van der Waals surface area contributed by atoms with Gasteiger partial charge in [0.05, 0.1) is 0 Å². The zero-order valence-corrected chi connectivity index (χ0v) is 11.7. The van der Waals surface area contributed by atoms with Crippen LogP contribution in [0.5, 0.6) is 5.75 Å². The molecule has 0 bridgehead atoms. The van der Waals surface area contributed by atoms with Gasteiger partial charge in [0.2, 0.25) is 0 Å². The highest BCUT2D eigenvalue weighted by Crippen LogP contribution is 2.13. The Balaban J connectivity index is 2.51. The summed E-state index contributed by atoms with van der Waals surface area (Å²) in [4.78, 5) is 11.9. The molecule has 1 amide bonds. The predicted molar refractivity (Wildman–Crippen MR) is 73.8 cm³/mol. The van der Waals surface area contributed by atoms with Gasteiger partial charge in [-0.2, -0.15) is 0 Å². The van der Waals surface area contributed by atoms with E-state index in [1.807, 2.05) is 31.2 Å². The molecule has 1 atom stereocenters. The van der Waals surface area contributed by atoms with E-state index in [0.717, 1.165) is 18.6 Å². The third kappa shape index (κ3) is 4.40. The fraction of sp³-hybridized carbons (Fsp3) is 0.533. The zero-order valence-electron chi connectivity index (χ0n) is 11.7. The summed E-state index contributed by atoms with van der Waals surface area (Å²) in [7, 11) is 0. The highest BCUT2D eigenvalue weighted by Gasteiger charge is 2.17. The van der Waals surface area contributed by atoms with Crippen LogP contribution < -0.4 is 10.1 Å². The predicted octanol–water partition coefficient (Wildman–Crippen LogP) is 3.07. The Bertz CT molecular complexity index is 369. The summed E-state index contributed by atoms with van der Waals surface area (Å²) in [5.74, 6) is 0.678. The maximum absolute atomic E-state index is 11.9. The van der Waals surface area contributed by atoms with Crippen LogP contribution in [-0.4, -0.2) is 18.1 Å². The van der Waals surface area contributed by atoms with Crippen LogP contribution in [0, 0.1) is 6.92 Å². The van der Waals surface area contributed by atoms with Crippen molar-refractivity contribution in [2.75, 3.05) is 0 Å². The van der Waals surface area contributed by atoms with Crippen molar-refractivity contribution in [1.29, 1.82) is 0 Å². The van der Waals surface area contributed by atoms with Crippen molar-refractivity contribution in [3.8, 4) is 5.75 Å². The first-order chi connectivity index (χ1) is 8.56. The molecule has 1 unspecified atom stereocenters. The van der Waals surface area contributed by atoms with Gasteiger partial charge in [-0.25, -0.2) is 0 Å².